The first kappa shape index (κ1) is 9.90. The maximum Gasteiger partial charge on any atom is 0.0374 e. The van der Waals surface area contributed by atoms with E-state index in [4.69, 9.17) is 5.73 Å². The zero-order valence-electron chi connectivity index (χ0n) is 8.65. The second-order valence-corrected chi connectivity index (χ2v) is 3.45. The van der Waals surface area contributed by atoms with Crippen LogP contribution in [0.25, 0.3) is 0 Å². The Morgan fingerprint density at radius 1 is 1.23 bits per heavy atom. The fourth-order valence-corrected chi connectivity index (χ4v) is 1.35. The normalized spacial score (nSPS) is 10.1. The lowest BCUT2D eigenvalue weighted by molar-refractivity contribution is 0.979. The van der Waals surface area contributed by atoms with Crippen LogP contribution in [0, 0.1) is 13.8 Å². The molecule has 0 atom stereocenters. The van der Waals surface area contributed by atoms with Crippen LogP contribution < -0.4 is 11.1 Å². The van der Waals surface area contributed by atoms with Crippen molar-refractivity contribution in [2.75, 3.05) is 17.6 Å². The van der Waals surface area contributed by atoms with Gasteiger partial charge in [0.2, 0.25) is 0 Å². The van der Waals surface area contributed by atoms with Crippen molar-refractivity contribution < 1.29 is 0 Å². The summed E-state index contributed by atoms with van der Waals surface area (Å²) in [5.41, 5.74) is 10.2. The molecule has 0 unspecified atom stereocenters. The summed E-state index contributed by atoms with van der Waals surface area (Å²) in [7, 11) is 0. The fraction of sp³-hybridized carbons (Fsp3) is 0.455. The number of nitrogens with two attached hydrogens (primary N) is 1. The molecule has 0 radical (unpaired) electrons. The van der Waals surface area contributed by atoms with Crippen LogP contribution in [0.4, 0.5) is 11.4 Å². The number of aryl methyl sites for hydroxylation is 2. The van der Waals surface area contributed by atoms with Crippen LogP contribution in [0.3, 0.4) is 0 Å². The Bertz CT molecular complexity index is 269. The molecule has 0 saturated heterocycles. The van der Waals surface area contributed by atoms with E-state index in [0.29, 0.717) is 0 Å². The van der Waals surface area contributed by atoms with E-state index in [9.17, 15) is 0 Å². The minimum atomic E-state index is 0.905. The van der Waals surface area contributed by atoms with Crippen LogP contribution in [0.2, 0.25) is 0 Å². The predicted octanol–water partition coefficient (Wildman–Crippen LogP) is 2.71. The van der Waals surface area contributed by atoms with Crippen LogP contribution in [0.15, 0.2) is 12.1 Å². The molecule has 2 nitrogen and oxygen atoms in total. The second-order valence-electron chi connectivity index (χ2n) is 3.45. The summed E-state index contributed by atoms with van der Waals surface area (Å²) in [5.74, 6) is 0. The third kappa shape index (κ3) is 2.38. The predicted molar refractivity (Wildman–Crippen MR) is 59.1 cm³/mol. The molecule has 2 heteroatoms. The standard InChI is InChI=1S/C11H18N2/c1-4-5-13-10-6-8(2)11(12)9(3)7-10/h6-7,13H,4-5,12H2,1-3H3. The molecule has 0 bridgehead atoms. The van der Waals surface area contributed by atoms with Gasteiger partial charge >= 0.3 is 0 Å². The average molecular weight is 178 g/mol. The van der Waals surface area contributed by atoms with E-state index in [0.717, 1.165) is 29.8 Å². The maximum atomic E-state index is 5.85. The number of rotatable bonds is 3. The maximum absolute atomic E-state index is 5.85. The molecular weight excluding hydrogens is 160 g/mol. The lowest BCUT2D eigenvalue weighted by Crippen LogP contribution is -2.02. The van der Waals surface area contributed by atoms with Crippen molar-refractivity contribution in [2.24, 2.45) is 0 Å². The molecule has 0 fully saturated rings. The van der Waals surface area contributed by atoms with Gasteiger partial charge < -0.3 is 11.1 Å². The SMILES string of the molecule is CCCNc1cc(C)c(N)c(C)c1. The summed E-state index contributed by atoms with van der Waals surface area (Å²) >= 11 is 0. The Balaban J connectivity index is 2.86. The van der Waals surface area contributed by atoms with Gasteiger partial charge in [0.05, 0.1) is 0 Å². The van der Waals surface area contributed by atoms with Crippen molar-refractivity contribution in [3.63, 3.8) is 0 Å². The smallest absolute Gasteiger partial charge is 0.0374 e. The first-order valence-corrected chi connectivity index (χ1v) is 4.75. The number of anilines is 2. The molecule has 0 aliphatic rings. The van der Waals surface area contributed by atoms with Crippen molar-refractivity contribution in [3.05, 3.63) is 23.3 Å². The highest BCUT2D eigenvalue weighted by molar-refractivity contribution is 5.61. The third-order valence-electron chi connectivity index (χ3n) is 2.17. The monoisotopic (exact) mass is 178 g/mol. The largest absolute Gasteiger partial charge is 0.398 e. The van der Waals surface area contributed by atoms with E-state index in [1.165, 1.54) is 5.69 Å². The average Bonchev–Trinajstić information content (AvgIpc) is 2.10. The molecule has 0 saturated carbocycles. The Kier molecular flexibility index (Phi) is 3.18. The number of nitrogens with one attached hydrogen (secondary N) is 1. The van der Waals surface area contributed by atoms with Crippen LogP contribution in [-0.4, -0.2) is 6.54 Å². The van der Waals surface area contributed by atoms with Crippen molar-refractivity contribution >= 4 is 11.4 Å². The Labute approximate surface area is 80.1 Å². The molecule has 72 valence electrons. The minimum Gasteiger partial charge on any atom is -0.398 e. The number of hydrogen-bond donors (Lipinski definition) is 2. The van der Waals surface area contributed by atoms with Gasteiger partial charge in [0, 0.05) is 17.9 Å². The van der Waals surface area contributed by atoms with Gasteiger partial charge in [-0.25, -0.2) is 0 Å². The molecule has 0 amide bonds. The van der Waals surface area contributed by atoms with E-state index in [-0.39, 0.29) is 0 Å². The summed E-state index contributed by atoms with van der Waals surface area (Å²) in [6.45, 7) is 7.26. The molecule has 0 aliphatic heterocycles. The second kappa shape index (κ2) is 4.17. The summed E-state index contributed by atoms with van der Waals surface area (Å²) in [6.07, 6.45) is 1.14. The zero-order valence-corrected chi connectivity index (χ0v) is 8.65. The van der Waals surface area contributed by atoms with E-state index in [2.05, 4.69) is 24.4 Å². The lowest BCUT2D eigenvalue weighted by atomic mass is 10.1. The van der Waals surface area contributed by atoms with E-state index < -0.39 is 0 Å². The van der Waals surface area contributed by atoms with E-state index in [1.54, 1.807) is 0 Å². The molecule has 0 aliphatic carbocycles. The van der Waals surface area contributed by atoms with Crippen molar-refractivity contribution in [2.45, 2.75) is 27.2 Å². The van der Waals surface area contributed by atoms with E-state index in [1.807, 2.05) is 13.8 Å². The first-order valence-electron chi connectivity index (χ1n) is 4.75. The topological polar surface area (TPSA) is 38.0 Å². The summed E-state index contributed by atoms with van der Waals surface area (Å²) in [5, 5.41) is 3.35. The molecule has 1 aromatic carbocycles. The minimum absolute atomic E-state index is 0.905. The Morgan fingerprint density at radius 3 is 2.23 bits per heavy atom. The number of nitrogen functional groups attached to an aromatic ring is 1. The molecule has 1 aromatic rings. The van der Waals surface area contributed by atoms with Gasteiger partial charge in [-0.1, -0.05) is 6.92 Å². The van der Waals surface area contributed by atoms with Crippen molar-refractivity contribution in [3.8, 4) is 0 Å². The quantitative estimate of drug-likeness (QED) is 0.698. The van der Waals surface area contributed by atoms with Gasteiger partial charge in [0.1, 0.15) is 0 Å². The molecule has 3 N–H and O–H groups in total. The zero-order chi connectivity index (χ0) is 9.84. The number of benzene rings is 1. The number of hydrogen-bond acceptors (Lipinski definition) is 2. The Hall–Kier alpha value is -1.18. The van der Waals surface area contributed by atoms with Gasteiger partial charge in [-0.2, -0.15) is 0 Å². The third-order valence-corrected chi connectivity index (χ3v) is 2.17. The fourth-order valence-electron chi connectivity index (χ4n) is 1.35. The van der Waals surface area contributed by atoms with E-state index >= 15 is 0 Å². The molecule has 13 heavy (non-hydrogen) atoms. The summed E-state index contributed by atoms with van der Waals surface area (Å²) in [6, 6.07) is 4.19. The van der Waals surface area contributed by atoms with Gasteiger partial charge in [-0.15, -0.1) is 0 Å². The van der Waals surface area contributed by atoms with Crippen LogP contribution >= 0.6 is 0 Å². The van der Waals surface area contributed by atoms with Gasteiger partial charge in [0.15, 0.2) is 0 Å². The van der Waals surface area contributed by atoms with Gasteiger partial charge in [-0.05, 0) is 43.5 Å². The Morgan fingerprint density at radius 2 is 1.77 bits per heavy atom. The van der Waals surface area contributed by atoms with Crippen molar-refractivity contribution in [1.29, 1.82) is 0 Å². The molecule has 0 spiro atoms. The van der Waals surface area contributed by atoms with Crippen LogP contribution in [0.1, 0.15) is 24.5 Å². The highest BCUT2D eigenvalue weighted by Crippen LogP contribution is 2.21. The molecule has 0 heterocycles. The molecular formula is C11H18N2. The van der Waals surface area contributed by atoms with Gasteiger partial charge in [0.25, 0.3) is 0 Å². The van der Waals surface area contributed by atoms with Crippen LogP contribution in [0.5, 0.6) is 0 Å². The summed E-state index contributed by atoms with van der Waals surface area (Å²) < 4.78 is 0. The van der Waals surface area contributed by atoms with Gasteiger partial charge in [-0.3, -0.25) is 0 Å². The highest BCUT2D eigenvalue weighted by atomic mass is 14.9. The molecule has 1 rings (SSSR count). The van der Waals surface area contributed by atoms with Crippen LogP contribution in [-0.2, 0) is 0 Å². The lowest BCUT2D eigenvalue weighted by Gasteiger charge is -2.10. The van der Waals surface area contributed by atoms with Crippen molar-refractivity contribution in [1.82, 2.24) is 0 Å². The highest BCUT2D eigenvalue weighted by Gasteiger charge is 2.00. The molecule has 0 aromatic heterocycles. The first-order chi connectivity index (χ1) is 6.15. The summed E-state index contributed by atoms with van der Waals surface area (Å²) in [4.78, 5) is 0.